The first-order chi connectivity index (χ1) is 7.13. The Balaban J connectivity index is 2.61. The Kier molecular flexibility index (Phi) is 4.50. The molecule has 82 valence electrons. The van der Waals surface area contributed by atoms with Gasteiger partial charge in [0.1, 0.15) is 5.78 Å². The Labute approximate surface area is 91.5 Å². The molecule has 0 unspecified atom stereocenters. The third-order valence-electron chi connectivity index (χ3n) is 2.54. The molecule has 0 atom stereocenters. The minimum atomic E-state index is 0.130. The maximum absolute atomic E-state index is 11.1. The van der Waals surface area contributed by atoms with E-state index in [1.165, 1.54) is 11.1 Å². The largest absolute Gasteiger partial charge is 0.324 e. The van der Waals surface area contributed by atoms with E-state index >= 15 is 0 Å². The highest BCUT2D eigenvalue weighted by atomic mass is 16.1. The molecule has 1 aromatic carbocycles. The van der Waals surface area contributed by atoms with Gasteiger partial charge in [-0.2, -0.15) is 0 Å². The first-order valence-corrected chi connectivity index (χ1v) is 5.44. The van der Waals surface area contributed by atoms with E-state index in [0.717, 1.165) is 6.42 Å². The van der Waals surface area contributed by atoms with E-state index in [2.05, 4.69) is 38.1 Å². The van der Waals surface area contributed by atoms with E-state index in [0.29, 0.717) is 12.3 Å². The smallest absolute Gasteiger partial charge is 0.146 e. The van der Waals surface area contributed by atoms with Crippen LogP contribution in [0.5, 0.6) is 0 Å². The summed E-state index contributed by atoms with van der Waals surface area (Å²) < 4.78 is 0. The molecule has 2 N–H and O–H groups in total. The number of ketones is 1. The van der Waals surface area contributed by atoms with Crippen LogP contribution in [0.3, 0.4) is 0 Å². The summed E-state index contributed by atoms with van der Waals surface area (Å²) in [6, 6.07) is 8.42. The molecule has 0 aromatic heterocycles. The molecule has 15 heavy (non-hydrogen) atoms. The van der Waals surface area contributed by atoms with Crippen molar-refractivity contribution in [3.8, 4) is 0 Å². The van der Waals surface area contributed by atoms with Crippen LogP contribution >= 0.6 is 0 Å². The zero-order valence-electron chi connectivity index (χ0n) is 9.49. The van der Waals surface area contributed by atoms with Crippen LogP contribution in [0.4, 0.5) is 0 Å². The van der Waals surface area contributed by atoms with E-state index < -0.39 is 0 Å². The second kappa shape index (κ2) is 5.66. The minimum absolute atomic E-state index is 0.130. The van der Waals surface area contributed by atoms with Crippen molar-refractivity contribution in [2.75, 3.05) is 6.54 Å². The van der Waals surface area contributed by atoms with Gasteiger partial charge in [-0.05, 0) is 23.5 Å². The van der Waals surface area contributed by atoms with E-state index in [9.17, 15) is 4.79 Å². The van der Waals surface area contributed by atoms with Crippen LogP contribution in [-0.2, 0) is 11.2 Å². The molecule has 0 spiro atoms. The van der Waals surface area contributed by atoms with Gasteiger partial charge in [0.05, 0.1) is 6.54 Å². The summed E-state index contributed by atoms with van der Waals surface area (Å²) in [5.74, 6) is 0.667. The summed E-state index contributed by atoms with van der Waals surface area (Å²) in [5.41, 5.74) is 7.82. The van der Waals surface area contributed by atoms with Gasteiger partial charge in [0.25, 0.3) is 0 Å². The monoisotopic (exact) mass is 205 g/mol. The third kappa shape index (κ3) is 3.84. The van der Waals surface area contributed by atoms with Crippen LogP contribution in [0.1, 0.15) is 37.3 Å². The highest BCUT2D eigenvalue weighted by Gasteiger charge is 2.02. The van der Waals surface area contributed by atoms with Crippen molar-refractivity contribution in [1.82, 2.24) is 0 Å². The van der Waals surface area contributed by atoms with Crippen molar-refractivity contribution >= 4 is 5.78 Å². The topological polar surface area (TPSA) is 43.1 Å². The predicted molar refractivity (Wildman–Crippen MR) is 62.9 cm³/mol. The van der Waals surface area contributed by atoms with E-state index in [1.54, 1.807) is 0 Å². The summed E-state index contributed by atoms with van der Waals surface area (Å²) in [6.07, 6.45) is 1.36. The Hall–Kier alpha value is -1.15. The molecule has 0 aliphatic rings. The third-order valence-corrected chi connectivity index (χ3v) is 2.54. The summed E-state index contributed by atoms with van der Waals surface area (Å²) in [7, 11) is 0. The number of rotatable bonds is 5. The van der Waals surface area contributed by atoms with E-state index in [4.69, 9.17) is 5.73 Å². The van der Waals surface area contributed by atoms with Gasteiger partial charge in [-0.1, -0.05) is 38.1 Å². The fourth-order valence-corrected chi connectivity index (χ4v) is 1.49. The number of nitrogens with two attached hydrogens (primary N) is 1. The van der Waals surface area contributed by atoms with Crippen molar-refractivity contribution in [1.29, 1.82) is 0 Å². The van der Waals surface area contributed by atoms with Crippen molar-refractivity contribution < 1.29 is 4.79 Å². The lowest BCUT2D eigenvalue weighted by atomic mass is 9.98. The number of carbonyl (C=O) groups excluding carboxylic acids is 1. The Morgan fingerprint density at radius 2 is 2.13 bits per heavy atom. The second-order valence-electron chi connectivity index (χ2n) is 4.14. The number of hydrogen-bond donors (Lipinski definition) is 1. The molecule has 0 heterocycles. The van der Waals surface area contributed by atoms with Crippen LogP contribution in [0.15, 0.2) is 24.3 Å². The Bertz CT molecular complexity index is 331. The molecular formula is C13H19NO. The molecule has 0 amide bonds. The molecule has 2 heteroatoms. The standard InChI is InChI=1S/C13H19NO/c1-10(2)12-5-3-4-11(8-12)6-7-13(15)9-14/h3-5,8,10H,6-7,9,14H2,1-2H3. The lowest BCUT2D eigenvalue weighted by Crippen LogP contribution is -2.13. The minimum Gasteiger partial charge on any atom is -0.324 e. The Morgan fingerprint density at radius 1 is 1.40 bits per heavy atom. The lowest BCUT2D eigenvalue weighted by Gasteiger charge is -2.07. The zero-order chi connectivity index (χ0) is 11.3. The maximum Gasteiger partial charge on any atom is 0.146 e. The molecular weight excluding hydrogens is 186 g/mol. The highest BCUT2D eigenvalue weighted by molar-refractivity contribution is 5.80. The summed E-state index contributed by atoms with van der Waals surface area (Å²) in [5, 5.41) is 0. The van der Waals surface area contributed by atoms with Crippen molar-refractivity contribution in [2.24, 2.45) is 5.73 Å². The molecule has 0 saturated heterocycles. The molecule has 0 radical (unpaired) electrons. The van der Waals surface area contributed by atoms with Gasteiger partial charge < -0.3 is 5.73 Å². The van der Waals surface area contributed by atoms with Crippen LogP contribution < -0.4 is 5.73 Å². The highest BCUT2D eigenvalue weighted by Crippen LogP contribution is 2.16. The van der Waals surface area contributed by atoms with Gasteiger partial charge in [-0.25, -0.2) is 0 Å². The fourth-order valence-electron chi connectivity index (χ4n) is 1.49. The maximum atomic E-state index is 11.1. The molecule has 0 fully saturated rings. The zero-order valence-corrected chi connectivity index (χ0v) is 9.49. The Morgan fingerprint density at radius 3 is 2.73 bits per heavy atom. The summed E-state index contributed by atoms with van der Waals surface area (Å²) >= 11 is 0. The van der Waals surface area contributed by atoms with Gasteiger partial charge >= 0.3 is 0 Å². The quantitative estimate of drug-likeness (QED) is 0.801. The second-order valence-corrected chi connectivity index (χ2v) is 4.14. The normalized spacial score (nSPS) is 10.7. The summed E-state index contributed by atoms with van der Waals surface area (Å²) in [6.45, 7) is 4.50. The first kappa shape index (κ1) is 11.9. The number of hydrogen-bond acceptors (Lipinski definition) is 2. The molecule has 1 rings (SSSR count). The van der Waals surface area contributed by atoms with Crippen LogP contribution in [0.25, 0.3) is 0 Å². The van der Waals surface area contributed by atoms with Gasteiger partial charge in [0.15, 0.2) is 0 Å². The number of aryl methyl sites for hydroxylation is 1. The SMILES string of the molecule is CC(C)c1cccc(CCC(=O)CN)c1. The van der Waals surface area contributed by atoms with Crippen LogP contribution in [0.2, 0.25) is 0 Å². The number of Topliss-reactive ketones (excluding diaryl/α,β-unsaturated/α-hetero) is 1. The predicted octanol–water partition coefficient (Wildman–Crippen LogP) is 2.27. The van der Waals surface area contributed by atoms with E-state index in [-0.39, 0.29) is 12.3 Å². The average Bonchev–Trinajstić information content (AvgIpc) is 2.26. The summed E-state index contributed by atoms with van der Waals surface area (Å²) in [4.78, 5) is 11.1. The van der Waals surface area contributed by atoms with Crippen molar-refractivity contribution in [3.63, 3.8) is 0 Å². The molecule has 0 aliphatic heterocycles. The molecule has 0 aliphatic carbocycles. The van der Waals surface area contributed by atoms with Gasteiger partial charge in [0.2, 0.25) is 0 Å². The van der Waals surface area contributed by atoms with Crippen LogP contribution in [-0.4, -0.2) is 12.3 Å². The molecule has 0 saturated carbocycles. The fraction of sp³-hybridized carbons (Fsp3) is 0.462. The average molecular weight is 205 g/mol. The molecule has 1 aromatic rings. The van der Waals surface area contributed by atoms with Gasteiger partial charge in [0, 0.05) is 6.42 Å². The van der Waals surface area contributed by atoms with Crippen molar-refractivity contribution in [3.05, 3.63) is 35.4 Å². The molecule has 0 bridgehead atoms. The first-order valence-electron chi connectivity index (χ1n) is 5.44. The molecule has 2 nitrogen and oxygen atoms in total. The van der Waals surface area contributed by atoms with E-state index in [1.807, 2.05) is 0 Å². The van der Waals surface area contributed by atoms with Crippen LogP contribution in [0, 0.1) is 0 Å². The number of carbonyl (C=O) groups is 1. The lowest BCUT2D eigenvalue weighted by molar-refractivity contribution is -0.117. The van der Waals surface area contributed by atoms with Gasteiger partial charge in [-0.15, -0.1) is 0 Å². The van der Waals surface area contributed by atoms with Gasteiger partial charge in [-0.3, -0.25) is 4.79 Å². The number of benzene rings is 1. The van der Waals surface area contributed by atoms with Crippen molar-refractivity contribution in [2.45, 2.75) is 32.6 Å².